The van der Waals surface area contributed by atoms with E-state index >= 15 is 0 Å². The zero-order valence-corrected chi connectivity index (χ0v) is 12.2. The van der Waals surface area contributed by atoms with Crippen LogP contribution in [0.2, 0.25) is 5.15 Å². The Labute approximate surface area is 125 Å². The van der Waals surface area contributed by atoms with Gasteiger partial charge in [0.1, 0.15) is 5.15 Å². The van der Waals surface area contributed by atoms with Crippen LogP contribution in [0.15, 0.2) is 12.3 Å². The number of nitrogen functional groups attached to an aromatic ring is 1. The molecule has 0 saturated heterocycles. The highest BCUT2D eigenvalue weighted by molar-refractivity contribution is 7.15. The first-order valence-electron chi connectivity index (χ1n) is 6.34. The molecular weight excluding hydrogens is 296 g/mol. The Morgan fingerprint density at radius 1 is 1.40 bits per heavy atom. The van der Waals surface area contributed by atoms with Crippen molar-refractivity contribution in [2.24, 2.45) is 0 Å². The fraction of sp³-hybridized carbons (Fsp3) is 0.308. The number of hydrogen-bond donors (Lipinski definition) is 2. The van der Waals surface area contributed by atoms with Gasteiger partial charge >= 0.3 is 0 Å². The second-order valence-corrected chi connectivity index (χ2v) is 6.10. The first-order chi connectivity index (χ1) is 9.63. The number of nitrogens with zero attached hydrogens (tertiary/aromatic N) is 2. The molecule has 3 rings (SSSR count). The van der Waals surface area contributed by atoms with Crippen molar-refractivity contribution in [3.05, 3.63) is 33.6 Å². The monoisotopic (exact) mass is 308 g/mol. The Bertz CT molecular complexity index is 647. The lowest BCUT2D eigenvalue weighted by Gasteiger charge is -2.06. The highest BCUT2D eigenvalue weighted by Crippen LogP contribution is 2.30. The van der Waals surface area contributed by atoms with Gasteiger partial charge in [0, 0.05) is 4.88 Å². The first kappa shape index (κ1) is 13.3. The summed E-state index contributed by atoms with van der Waals surface area (Å²) in [6.45, 7) is 0. The van der Waals surface area contributed by atoms with E-state index in [1.807, 2.05) is 0 Å². The van der Waals surface area contributed by atoms with Crippen LogP contribution in [0.5, 0.6) is 0 Å². The Kier molecular flexibility index (Phi) is 3.58. The summed E-state index contributed by atoms with van der Waals surface area (Å²) in [5.74, 6) is -0.333. The number of carbonyl (C=O) groups is 1. The van der Waals surface area contributed by atoms with Gasteiger partial charge in [-0.15, -0.1) is 11.3 Å². The molecule has 0 unspecified atom stereocenters. The minimum atomic E-state index is -0.333. The lowest BCUT2D eigenvalue weighted by molar-refractivity contribution is 0.102. The van der Waals surface area contributed by atoms with Crippen molar-refractivity contribution in [2.45, 2.75) is 25.7 Å². The van der Waals surface area contributed by atoms with Crippen LogP contribution in [0.4, 0.5) is 10.8 Å². The summed E-state index contributed by atoms with van der Waals surface area (Å²) >= 11 is 7.44. The molecule has 5 nitrogen and oxygen atoms in total. The minimum Gasteiger partial charge on any atom is -0.397 e. The third kappa shape index (κ3) is 2.62. The Morgan fingerprint density at radius 2 is 2.20 bits per heavy atom. The predicted molar refractivity (Wildman–Crippen MR) is 80.4 cm³/mol. The molecule has 2 aromatic heterocycles. The van der Waals surface area contributed by atoms with Crippen LogP contribution in [0.1, 0.15) is 33.8 Å². The quantitative estimate of drug-likeness (QED) is 0.836. The fourth-order valence-corrected chi connectivity index (χ4v) is 3.43. The number of rotatable bonds is 2. The molecule has 0 aromatic carbocycles. The van der Waals surface area contributed by atoms with E-state index in [1.54, 1.807) is 0 Å². The van der Waals surface area contributed by atoms with Gasteiger partial charge in [-0.25, -0.2) is 9.97 Å². The van der Waals surface area contributed by atoms with Gasteiger partial charge in [0.2, 0.25) is 0 Å². The van der Waals surface area contributed by atoms with Gasteiger partial charge in [-0.3, -0.25) is 10.1 Å². The number of fused-ring (bicyclic) bond motifs is 1. The van der Waals surface area contributed by atoms with Crippen LogP contribution in [-0.2, 0) is 12.8 Å². The van der Waals surface area contributed by atoms with E-state index < -0.39 is 0 Å². The van der Waals surface area contributed by atoms with Crippen LogP contribution < -0.4 is 11.1 Å². The van der Waals surface area contributed by atoms with Crippen molar-refractivity contribution >= 4 is 39.7 Å². The van der Waals surface area contributed by atoms with E-state index in [9.17, 15) is 4.79 Å². The molecule has 0 radical (unpaired) electrons. The van der Waals surface area contributed by atoms with Crippen molar-refractivity contribution in [3.8, 4) is 0 Å². The predicted octanol–water partition coefficient (Wildman–Crippen LogP) is 2.90. The highest BCUT2D eigenvalue weighted by Gasteiger charge is 2.18. The van der Waals surface area contributed by atoms with E-state index in [1.165, 1.54) is 34.9 Å². The Hall–Kier alpha value is -1.66. The maximum Gasteiger partial charge on any atom is 0.260 e. The van der Waals surface area contributed by atoms with Gasteiger partial charge in [0.25, 0.3) is 5.91 Å². The van der Waals surface area contributed by atoms with E-state index in [4.69, 9.17) is 17.3 Å². The lowest BCUT2D eigenvalue weighted by atomic mass is 10.0. The molecule has 3 N–H and O–H groups in total. The molecule has 7 heteroatoms. The molecule has 20 heavy (non-hydrogen) atoms. The van der Waals surface area contributed by atoms with Gasteiger partial charge in [-0.1, -0.05) is 11.6 Å². The molecule has 0 atom stereocenters. The maximum absolute atomic E-state index is 12.2. The summed E-state index contributed by atoms with van der Waals surface area (Å²) in [5, 5.41) is 3.52. The number of aryl methyl sites for hydroxylation is 2. The smallest absolute Gasteiger partial charge is 0.260 e. The van der Waals surface area contributed by atoms with Crippen molar-refractivity contribution in [1.82, 2.24) is 9.97 Å². The number of pyridine rings is 1. The molecule has 2 aromatic rings. The normalized spacial score (nSPS) is 13.8. The van der Waals surface area contributed by atoms with Gasteiger partial charge in [0.15, 0.2) is 5.13 Å². The second kappa shape index (κ2) is 5.38. The Morgan fingerprint density at radius 3 is 3.00 bits per heavy atom. The zero-order chi connectivity index (χ0) is 14.1. The summed E-state index contributed by atoms with van der Waals surface area (Å²) in [5.41, 5.74) is 7.39. The molecule has 2 heterocycles. The van der Waals surface area contributed by atoms with E-state index in [0.717, 1.165) is 25.0 Å². The summed E-state index contributed by atoms with van der Waals surface area (Å²) < 4.78 is 0. The molecule has 0 bridgehead atoms. The maximum atomic E-state index is 12.2. The number of hydrogen-bond acceptors (Lipinski definition) is 5. The largest absolute Gasteiger partial charge is 0.397 e. The number of halogens is 1. The molecule has 1 amide bonds. The molecule has 0 saturated carbocycles. The topological polar surface area (TPSA) is 80.9 Å². The van der Waals surface area contributed by atoms with E-state index in [2.05, 4.69) is 15.3 Å². The molecule has 1 aliphatic carbocycles. The highest BCUT2D eigenvalue weighted by atomic mass is 35.5. The van der Waals surface area contributed by atoms with Crippen molar-refractivity contribution in [3.63, 3.8) is 0 Å². The number of nitrogens with two attached hydrogens (primary N) is 1. The van der Waals surface area contributed by atoms with Crippen LogP contribution in [0.3, 0.4) is 0 Å². The van der Waals surface area contributed by atoms with Gasteiger partial charge in [-0.2, -0.15) is 0 Å². The fourth-order valence-electron chi connectivity index (χ4n) is 2.19. The van der Waals surface area contributed by atoms with Crippen LogP contribution in [0.25, 0.3) is 0 Å². The van der Waals surface area contributed by atoms with Crippen molar-refractivity contribution < 1.29 is 4.79 Å². The molecule has 0 fully saturated rings. The summed E-state index contributed by atoms with van der Waals surface area (Å²) in [7, 11) is 0. The molecular formula is C13H13ClN4OS. The summed E-state index contributed by atoms with van der Waals surface area (Å²) in [6, 6.07) is 1.51. The molecule has 0 aliphatic heterocycles. The minimum absolute atomic E-state index is 0.137. The van der Waals surface area contributed by atoms with Crippen LogP contribution >= 0.6 is 22.9 Å². The zero-order valence-electron chi connectivity index (χ0n) is 10.6. The number of aromatic nitrogens is 2. The number of amides is 1. The molecule has 104 valence electrons. The third-order valence-corrected chi connectivity index (χ3v) is 4.55. The van der Waals surface area contributed by atoms with Crippen LogP contribution in [-0.4, -0.2) is 15.9 Å². The average Bonchev–Trinajstić information content (AvgIpc) is 2.83. The van der Waals surface area contributed by atoms with E-state index in [-0.39, 0.29) is 16.6 Å². The van der Waals surface area contributed by atoms with E-state index in [0.29, 0.717) is 10.8 Å². The Balaban J connectivity index is 1.82. The number of carbonyl (C=O) groups excluding carboxylic acids is 1. The SMILES string of the molecule is Nc1cnc(Cl)c(C(=O)Nc2nc3c(s2)CCCC3)c1. The number of nitrogens with one attached hydrogen (secondary N) is 1. The molecule has 1 aliphatic rings. The third-order valence-electron chi connectivity index (χ3n) is 3.17. The van der Waals surface area contributed by atoms with Gasteiger partial charge < -0.3 is 5.73 Å². The van der Waals surface area contributed by atoms with Gasteiger partial charge in [-0.05, 0) is 31.7 Å². The molecule has 0 spiro atoms. The first-order valence-corrected chi connectivity index (χ1v) is 7.54. The lowest BCUT2D eigenvalue weighted by Crippen LogP contribution is -2.13. The average molecular weight is 309 g/mol. The second-order valence-electron chi connectivity index (χ2n) is 4.66. The van der Waals surface area contributed by atoms with Crippen molar-refractivity contribution in [2.75, 3.05) is 11.1 Å². The summed E-state index contributed by atoms with van der Waals surface area (Å²) in [4.78, 5) is 21.8. The summed E-state index contributed by atoms with van der Waals surface area (Å²) in [6.07, 6.45) is 5.80. The van der Waals surface area contributed by atoms with Crippen molar-refractivity contribution in [1.29, 1.82) is 0 Å². The number of anilines is 2. The standard InChI is InChI=1S/C13H13ClN4OS/c14-11-8(5-7(15)6-16-11)12(19)18-13-17-9-3-1-2-4-10(9)20-13/h5-6H,1-4,15H2,(H,17,18,19). The van der Waals surface area contributed by atoms with Gasteiger partial charge in [0.05, 0.1) is 23.1 Å². The number of thiazole rings is 1. The van der Waals surface area contributed by atoms with Crippen LogP contribution in [0, 0.1) is 0 Å².